The number of nitrogens with two attached hydrogens (primary N) is 1. The number of carbonyl (C=O) groups excluding carboxylic acids is 2. The fraction of sp³-hybridized carbons (Fsp3) is 0.444. The van der Waals surface area contributed by atoms with Gasteiger partial charge in [-0.25, -0.2) is 0 Å². The van der Waals surface area contributed by atoms with E-state index in [4.69, 9.17) is 5.73 Å². The molecule has 25 heavy (non-hydrogen) atoms. The van der Waals surface area contributed by atoms with Crippen molar-refractivity contribution in [3.63, 3.8) is 0 Å². The van der Waals surface area contributed by atoms with Crippen molar-refractivity contribution in [2.45, 2.75) is 52.7 Å². The van der Waals surface area contributed by atoms with Crippen LogP contribution in [0, 0.1) is 20.8 Å². The molecule has 7 heteroatoms. The van der Waals surface area contributed by atoms with Crippen molar-refractivity contribution in [2.75, 3.05) is 0 Å². The molecule has 132 valence electrons. The predicted molar refractivity (Wildman–Crippen MR) is 92.5 cm³/mol. The molecular formula is C18H23N5O2. The molecule has 2 heterocycles. The third kappa shape index (κ3) is 3.40. The molecule has 0 aliphatic carbocycles. The van der Waals surface area contributed by atoms with E-state index < -0.39 is 11.9 Å². The van der Waals surface area contributed by atoms with Crippen LogP contribution in [0.15, 0.2) is 18.2 Å². The largest absolute Gasteiger partial charge is 0.368 e. The number of aryl methyl sites for hydroxylation is 4. The van der Waals surface area contributed by atoms with Crippen LogP contribution in [0.1, 0.15) is 34.8 Å². The molecule has 1 aliphatic heterocycles. The van der Waals surface area contributed by atoms with Crippen molar-refractivity contribution in [2.24, 2.45) is 5.73 Å². The Labute approximate surface area is 146 Å². The van der Waals surface area contributed by atoms with E-state index in [1.54, 1.807) is 0 Å². The lowest BCUT2D eigenvalue weighted by Gasteiger charge is -2.34. The minimum atomic E-state index is -0.659. The number of primary amides is 1. The highest BCUT2D eigenvalue weighted by Crippen LogP contribution is 2.20. The highest BCUT2D eigenvalue weighted by atomic mass is 16.2. The maximum atomic E-state index is 12.7. The molecule has 7 nitrogen and oxygen atoms in total. The number of aromatic nitrogens is 3. The second kappa shape index (κ2) is 6.66. The Morgan fingerprint density at radius 3 is 2.68 bits per heavy atom. The highest BCUT2D eigenvalue weighted by molar-refractivity contribution is 5.87. The predicted octanol–water partition coefficient (Wildman–Crippen LogP) is 1.03. The van der Waals surface area contributed by atoms with Crippen LogP contribution in [0.25, 0.3) is 0 Å². The monoisotopic (exact) mass is 341 g/mol. The molecule has 2 amide bonds. The molecule has 0 saturated carbocycles. The lowest BCUT2D eigenvalue weighted by Crippen LogP contribution is -2.53. The highest BCUT2D eigenvalue weighted by Gasteiger charge is 2.34. The van der Waals surface area contributed by atoms with Crippen molar-refractivity contribution in [3.05, 3.63) is 46.5 Å². The number of hydrogen-bond donors (Lipinski definition) is 1. The van der Waals surface area contributed by atoms with E-state index in [1.807, 2.05) is 31.4 Å². The quantitative estimate of drug-likeness (QED) is 0.899. The number of hydrogen-bond acceptors (Lipinski definition) is 4. The molecular weight excluding hydrogens is 318 g/mol. The Balaban J connectivity index is 1.74. The van der Waals surface area contributed by atoms with Crippen LogP contribution in [-0.2, 0) is 29.1 Å². The van der Waals surface area contributed by atoms with Gasteiger partial charge < -0.3 is 15.2 Å². The van der Waals surface area contributed by atoms with Gasteiger partial charge in [0.1, 0.15) is 11.9 Å². The van der Waals surface area contributed by atoms with Gasteiger partial charge in [0.05, 0.1) is 13.1 Å². The van der Waals surface area contributed by atoms with Gasteiger partial charge in [-0.2, -0.15) is 0 Å². The second-order valence-electron chi connectivity index (χ2n) is 6.64. The number of amides is 2. The molecule has 1 aliphatic rings. The normalized spacial score (nSPS) is 16.6. The molecule has 3 rings (SSSR count). The van der Waals surface area contributed by atoms with Gasteiger partial charge in [0.15, 0.2) is 5.82 Å². The van der Waals surface area contributed by atoms with Gasteiger partial charge in [0, 0.05) is 6.42 Å². The summed E-state index contributed by atoms with van der Waals surface area (Å²) >= 11 is 0. The van der Waals surface area contributed by atoms with E-state index in [0.717, 1.165) is 11.4 Å². The average Bonchev–Trinajstić information content (AvgIpc) is 2.93. The molecule has 0 spiro atoms. The number of nitrogens with zero attached hydrogens (tertiary/aromatic N) is 4. The van der Waals surface area contributed by atoms with Gasteiger partial charge in [0.2, 0.25) is 11.8 Å². The van der Waals surface area contributed by atoms with Crippen LogP contribution >= 0.6 is 0 Å². The Morgan fingerprint density at radius 1 is 1.24 bits per heavy atom. The molecule has 1 aromatic carbocycles. The molecule has 2 aromatic rings. The topological polar surface area (TPSA) is 94.1 Å². The first-order chi connectivity index (χ1) is 11.9. The zero-order valence-corrected chi connectivity index (χ0v) is 14.8. The molecule has 0 fully saturated rings. The summed E-state index contributed by atoms with van der Waals surface area (Å²) in [5, 5.41) is 8.11. The Bertz CT molecular complexity index is 827. The Hall–Kier alpha value is -2.70. The summed E-state index contributed by atoms with van der Waals surface area (Å²) in [5.74, 6) is 0.827. The number of rotatable bonds is 4. The zero-order valence-electron chi connectivity index (χ0n) is 14.8. The summed E-state index contributed by atoms with van der Waals surface area (Å²) in [5.41, 5.74) is 9.05. The van der Waals surface area contributed by atoms with E-state index in [9.17, 15) is 9.59 Å². The lowest BCUT2D eigenvalue weighted by molar-refractivity contribution is -0.141. The van der Waals surface area contributed by atoms with E-state index >= 15 is 0 Å². The first-order valence-corrected chi connectivity index (χ1v) is 8.40. The first-order valence-electron chi connectivity index (χ1n) is 8.40. The molecule has 0 bridgehead atoms. The first kappa shape index (κ1) is 17.1. The standard InChI is InChI=1S/C18H23N5O2/c1-11-4-5-14(12(2)8-11)6-7-17(24)23-10-16-21-20-13(3)22(16)9-15(23)18(19)25/h4-5,8,15H,6-7,9-10H2,1-3H3,(H2,19,25). The van der Waals surface area contributed by atoms with Gasteiger partial charge >= 0.3 is 0 Å². The van der Waals surface area contributed by atoms with E-state index in [2.05, 4.69) is 22.3 Å². The smallest absolute Gasteiger partial charge is 0.242 e. The van der Waals surface area contributed by atoms with Gasteiger partial charge in [-0.15, -0.1) is 10.2 Å². The summed E-state index contributed by atoms with van der Waals surface area (Å²) in [6, 6.07) is 5.55. The Morgan fingerprint density at radius 2 is 2.00 bits per heavy atom. The molecule has 1 atom stereocenters. The second-order valence-corrected chi connectivity index (χ2v) is 6.64. The van der Waals surface area contributed by atoms with Gasteiger partial charge in [-0.05, 0) is 38.3 Å². The fourth-order valence-corrected chi connectivity index (χ4v) is 3.33. The summed E-state index contributed by atoms with van der Waals surface area (Å²) in [4.78, 5) is 26.1. The fourth-order valence-electron chi connectivity index (χ4n) is 3.33. The summed E-state index contributed by atoms with van der Waals surface area (Å²) in [6.07, 6.45) is 0.972. The molecule has 1 unspecified atom stereocenters. The van der Waals surface area contributed by atoms with Crippen LogP contribution in [0.3, 0.4) is 0 Å². The van der Waals surface area contributed by atoms with Crippen LogP contribution in [-0.4, -0.2) is 37.5 Å². The molecule has 0 radical (unpaired) electrons. The summed E-state index contributed by atoms with van der Waals surface area (Å²) in [6.45, 7) is 6.50. The van der Waals surface area contributed by atoms with Crippen LogP contribution in [0.4, 0.5) is 0 Å². The zero-order chi connectivity index (χ0) is 18.1. The maximum Gasteiger partial charge on any atom is 0.242 e. The number of fused-ring (bicyclic) bond motifs is 1. The molecule has 2 N–H and O–H groups in total. The van der Waals surface area contributed by atoms with Gasteiger partial charge in [0.25, 0.3) is 0 Å². The van der Waals surface area contributed by atoms with Crippen molar-refractivity contribution >= 4 is 11.8 Å². The minimum absolute atomic E-state index is 0.0873. The van der Waals surface area contributed by atoms with E-state index in [0.29, 0.717) is 25.2 Å². The van der Waals surface area contributed by atoms with Crippen molar-refractivity contribution in [1.82, 2.24) is 19.7 Å². The number of carbonyl (C=O) groups is 2. The molecule has 1 aromatic heterocycles. The Kier molecular flexibility index (Phi) is 4.57. The van der Waals surface area contributed by atoms with Crippen molar-refractivity contribution in [3.8, 4) is 0 Å². The van der Waals surface area contributed by atoms with Gasteiger partial charge in [-0.3, -0.25) is 9.59 Å². The number of benzene rings is 1. The van der Waals surface area contributed by atoms with Crippen LogP contribution in [0.2, 0.25) is 0 Å². The third-order valence-electron chi connectivity index (χ3n) is 4.81. The minimum Gasteiger partial charge on any atom is -0.368 e. The van der Waals surface area contributed by atoms with Crippen LogP contribution in [0.5, 0.6) is 0 Å². The lowest BCUT2D eigenvalue weighted by atomic mass is 10.0. The summed E-state index contributed by atoms with van der Waals surface area (Å²) in [7, 11) is 0. The average molecular weight is 341 g/mol. The van der Waals surface area contributed by atoms with Crippen molar-refractivity contribution < 1.29 is 9.59 Å². The summed E-state index contributed by atoms with van der Waals surface area (Å²) < 4.78 is 1.85. The maximum absolute atomic E-state index is 12.7. The SMILES string of the molecule is Cc1ccc(CCC(=O)N2Cc3nnc(C)n3CC2C(N)=O)c(C)c1. The van der Waals surface area contributed by atoms with Crippen LogP contribution < -0.4 is 5.73 Å². The van der Waals surface area contributed by atoms with E-state index in [-0.39, 0.29) is 12.5 Å². The van der Waals surface area contributed by atoms with E-state index in [1.165, 1.54) is 16.0 Å². The van der Waals surface area contributed by atoms with Crippen molar-refractivity contribution in [1.29, 1.82) is 0 Å². The molecule has 0 saturated heterocycles. The third-order valence-corrected chi connectivity index (χ3v) is 4.81. The van der Waals surface area contributed by atoms with Gasteiger partial charge in [-0.1, -0.05) is 23.8 Å².